The van der Waals surface area contributed by atoms with Crippen molar-refractivity contribution in [1.82, 2.24) is 0 Å². The lowest BCUT2D eigenvalue weighted by Gasteiger charge is -2.42. The molecule has 0 spiro atoms. The topological polar surface area (TPSA) is 59.0 Å². The van der Waals surface area contributed by atoms with Crippen LogP contribution in [0.3, 0.4) is 0 Å². The van der Waals surface area contributed by atoms with Crippen LogP contribution in [-0.4, -0.2) is 6.71 Å². The van der Waals surface area contributed by atoms with Gasteiger partial charge in [-0.3, -0.25) is 9.80 Å². The molecule has 72 heavy (non-hydrogen) atoms. The molecule has 0 bridgehead atoms. The minimum absolute atomic E-state index is 0.0936. The molecule has 0 unspecified atom stereocenters. The van der Waals surface area contributed by atoms with Gasteiger partial charge in [-0.1, -0.05) is 104 Å². The molecule has 0 N–H and O–H groups in total. The summed E-state index contributed by atoms with van der Waals surface area (Å²) >= 11 is 0. The van der Waals surface area contributed by atoms with Gasteiger partial charge < -0.3 is 17.7 Å². The van der Waals surface area contributed by atoms with Crippen LogP contribution < -0.4 is 26.2 Å². The van der Waals surface area contributed by atoms with Crippen molar-refractivity contribution in [1.29, 1.82) is 0 Å². The first-order valence-corrected chi connectivity index (χ1v) is 25.5. The maximum Gasteiger partial charge on any atom is 0.262 e. The maximum atomic E-state index is 7.41. The number of nitrogens with zero attached hydrogens (tertiary/aromatic N) is 2. The standard InChI is InChI=1S/C65H59BN2O4/c1-35(2)42-29-49-59-50(30-42)68(61-38(5)27-44(28-39(61)6)56-32-41-18-14-16-20-52(41)70-56)63-58(48-34-46(65(10,11)12)22-24-54(48)72-63)66(59)57-47-33-45(64(7,8)9)21-23-53(47)71-62(57)67(49)60-36(3)25-43(26-37(60)4)55-31-40-17-13-15-19-51(40)69-55/h13-35H,1-12H3. The Labute approximate surface area is 421 Å². The number of hydrogen-bond donors (Lipinski definition) is 0. The minimum Gasteiger partial charge on any atom is -0.456 e. The van der Waals surface area contributed by atoms with E-state index in [4.69, 9.17) is 17.7 Å². The van der Waals surface area contributed by atoms with Crippen molar-refractivity contribution >= 4 is 101 Å². The molecule has 13 rings (SSSR count). The number of fused-ring (bicyclic) bond motifs is 10. The van der Waals surface area contributed by atoms with Gasteiger partial charge in [-0.05, 0) is 174 Å². The predicted octanol–water partition coefficient (Wildman–Crippen LogP) is 17.0. The van der Waals surface area contributed by atoms with Gasteiger partial charge in [0.05, 0.1) is 11.4 Å². The molecule has 2 aliphatic heterocycles. The highest BCUT2D eigenvalue weighted by Crippen LogP contribution is 2.52. The molecule has 0 aliphatic carbocycles. The lowest BCUT2D eigenvalue weighted by Crippen LogP contribution is -2.61. The van der Waals surface area contributed by atoms with E-state index in [1.54, 1.807) is 0 Å². The van der Waals surface area contributed by atoms with E-state index in [2.05, 4.69) is 202 Å². The lowest BCUT2D eigenvalue weighted by molar-refractivity contribution is 0.589. The van der Waals surface area contributed by atoms with Gasteiger partial charge in [0.2, 0.25) is 11.8 Å². The number of furan rings is 4. The fraction of sp³-hybridized carbons (Fsp3) is 0.231. The second-order valence-electron chi connectivity index (χ2n) is 23.0. The summed E-state index contributed by atoms with van der Waals surface area (Å²) in [5, 5.41) is 4.42. The molecule has 7 heteroatoms. The fourth-order valence-corrected chi connectivity index (χ4v) is 11.9. The van der Waals surface area contributed by atoms with Crippen molar-refractivity contribution in [3.63, 3.8) is 0 Å². The van der Waals surface area contributed by atoms with Gasteiger partial charge in [0.1, 0.15) is 33.9 Å². The Hall–Kier alpha value is -7.64. The van der Waals surface area contributed by atoms with E-state index >= 15 is 0 Å². The molecule has 11 aromatic rings. The highest BCUT2D eigenvalue weighted by atomic mass is 16.4. The fourth-order valence-electron chi connectivity index (χ4n) is 11.9. The van der Waals surface area contributed by atoms with Crippen LogP contribution in [0.5, 0.6) is 0 Å². The van der Waals surface area contributed by atoms with Crippen LogP contribution in [0, 0.1) is 27.7 Å². The Balaban J connectivity index is 1.13. The number of aryl methyl sites for hydroxylation is 4. The van der Waals surface area contributed by atoms with Crippen molar-refractivity contribution in [3.05, 3.63) is 172 Å². The second-order valence-corrected chi connectivity index (χ2v) is 23.0. The largest absolute Gasteiger partial charge is 0.456 e. The zero-order valence-electron chi connectivity index (χ0n) is 43.4. The Morgan fingerprint density at radius 1 is 0.431 bits per heavy atom. The quantitative estimate of drug-likeness (QED) is 0.160. The molecular weight excluding hydrogens is 884 g/mol. The molecule has 6 heterocycles. The van der Waals surface area contributed by atoms with Crippen LogP contribution in [-0.2, 0) is 10.8 Å². The number of anilines is 6. The third kappa shape index (κ3) is 6.62. The Morgan fingerprint density at radius 3 is 1.21 bits per heavy atom. The Morgan fingerprint density at radius 2 is 0.833 bits per heavy atom. The van der Waals surface area contributed by atoms with E-state index in [1.807, 2.05) is 24.3 Å². The number of para-hydroxylation sites is 2. The van der Waals surface area contributed by atoms with Crippen molar-refractivity contribution in [3.8, 4) is 22.6 Å². The summed E-state index contributed by atoms with van der Waals surface area (Å²) in [6.45, 7) is 27.1. The summed E-state index contributed by atoms with van der Waals surface area (Å²) in [5.41, 5.74) is 21.6. The average Bonchev–Trinajstić information content (AvgIpc) is 4.14. The van der Waals surface area contributed by atoms with E-state index in [9.17, 15) is 0 Å². The highest BCUT2D eigenvalue weighted by Gasteiger charge is 2.50. The molecule has 2 aliphatic rings. The van der Waals surface area contributed by atoms with Crippen LogP contribution in [0.25, 0.3) is 66.5 Å². The van der Waals surface area contributed by atoms with E-state index in [-0.39, 0.29) is 23.5 Å². The molecule has 4 aromatic heterocycles. The van der Waals surface area contributed by atoms with Gasteiger partial charge in [-0.15, -0.1) is 0 Å². The molecule has 7 aromatic carbocycles. The van der Waals surface area contributed by atoms with Crippen LogP contribution in [0.4, 0.5) is 34.5 Å². The highest BCUT2D eigenvalue weighted by molar-refractivity contribution is 7.02. The molecule has 0 amide bonds. The first-order valence-electron chi connectivity index (χ1n) is 25.5. The summed E-state index contributed by atoms with van der Waals surface area (Å²) in [5.74, 6) is 3.60. The van der Waals surface area contributed by atoms with Crippen LogP contribution in [0.15, 0.2) is 151 Å². The van der Waals surface area contributed by atoms with Gasteiger partial charge in [0.25, 0.3) is 6.71 Å². The summed E-state index contributed by atoms with van der Waals surface area (Å²) in [6, 6.07) is 48.5. The van der Waals surface area contributed by atoms with Gasteiger partial charge in [0.15, 0.2) is 0 Å². The second kappa shape index (κ2) is 15.4. The molecule has 356 valence electrons. The van der Waals surface area contributed by atoms with E-state index < -0.39 is 0 Å². The van der Waals surface area contributed by atoms with Gasteiger partial charge in [-0.25, -0.2) is 0 Å². The zero-order chi connectivity index (χ0) is 49.9. The van der Waals surface area contributed by atoms with Crippen LogP contribution in [0.2, 0.25) is 0 Å². The third-order valence-corrected chi connectivity index (χ3v) is 15.6. The molecule has 0 atom stereocenters. The first kappa shape index (κ1) is 44.3. The zero-order valence-corrected chi connectivity index (χ0v) is 43.4. The van der Waals surface area contributed by atoms with Crippen LogP contribution in [0.1, 0.15) is 100 Å². The average molecular weight is 943 g/mol. The molecule has 0 saturated heterocycles. The number of hydrogen-bond acceptors (Lipinski definition) is 6. The van der Waals surface area contributed by atoms with E-state index in [0.29, 0.717) is 0 Å². The lowest BCUT2D eigenvalue weighted by atomic mass is 9.33. The first-order chi connectivity index (χ1) is 34.4. The summed E-state index contributed by atoms with van der Waals surface area (Å²) in [4.78, 5) is 4.91. The summed E-state index contributed by atoms with van der Waals surface area (Å²) < 4.78 is 27.8. The molecular formula is C65H59BN2O4. The van der Waals surface area contributed by atoms with Crippen molar-refractivity contribution in [2.24, 2.45) is 0 Å². The van der Waals surface area contributed by atoms with Crippen LogP contribution >= 0.6 is 0 Å². The van der Waals surface area contributed by atoms with Crippen molar-refractivity contribution < 1.29 is 17.7 Å². The smallest absolute Gasteiger partial charge is 0.262 e. The number of rotatable bonds is 5. The molecule has 6 nitrogen and oxygen atoms in total. The molecule has 0 radical (unpaired) electrons. The molecule has 0 saturated carbocycles. The predicted molar refractivity (Wildman–Crippen MR) is 301 cm³/mol. The molecule has 0 fully saturated rings. The summed E-state index contributed by atoms with van der Waals surface area (Å²) in [7, 11) is 0. The number of benzene rings is 7. The van der Waals surface area contributed by atoms with Crippen molar-refractivity contribution in [2.75, 3.05) is 9.80 Å². The van der Waals surface area contributed by atoms with E-state index in [0.717, 1.165) is 134 Å². The van der Waals surface area contributed by atoms with Crippen molar-refractivity contribution in [2.45, 2.75) is 99.8 Å². The normalized spacial score (nSPS) is 13.6. The summed E-state index contributed by atoms with van der Waals surface area (Å²) in [6.07, 6.45) is 0. The van der Waals surface area contributed by atoms with Gasteiger partial charge in [0, 0.05) is 55.0 Å². The Bertz CT molecular complexity index is 3700. The Kier molecular flexibility index (Phi) is 9.50. The SMILES string of the molecule is Cc1cc(-c2cc3ccccc3o2)cc(C)c1N1c2cc(C(C)C)cc3c2B(c2c1oc1ccc(C(C)(C)C)cc21)c1c(oc2ccc(C(C)(C)C)cc12)N3c1c(C)cc(-c2cc3ccccc3o2)cc1C. The van der Waals surface area contributed by atoms with Gasteiger partial charge in [-0.2, -0.15) is 0 Å². The van der Waals surface area contributed by atoms with Gasteiger partial charge >= 0.3 is 0 Å². The monoisotopic (exact) mass is 942 g/mol. The maximum absolute atomic E-state index is 7.41. The van der Waals surface area contributed by atoms with E-state index in [1.165, 1.54) is 22.2 Å². The third-order valence-electron chi connectivity index (χ3n) is 15.6. The minimum atomic E-state index is -0.229.